The van der Waals surface area contributed by atoms with Gasteiger partial charge in [-0.25, -0.2) is 4.79 Å². The lowest BCUT2D eigenvalue weighted by atomic mass is 9.89. The fourth-order valence-electron chi connectivity index (χ4n) is 9.40. The molecule has 0 aromatic heterocycles. The fraction of sp³-hybridized carbons (Fsp3) is 0.680. The van der Waals surface area contributed by atoms with Crippen molar-refractivity contribution >= 4 is 58.6 Å². The molecule has 0 aliphatic carbocycles. The molecule has 6 amide bonds. The lowest BCUT2D eigenvalue weighted by molar-refractivity contribution is -0.148. The van der Waals surface area contributed by atoms with Gasteiger partial charge in [0.15, 0.2) is 0 Å². The van der Waals surface area contributed by atoms with E-state index in [1.807, 2.05) is 83.7 Å². The number of benzene rings is 1. The molecule has 1 fully saturated rings. The molecule has 3 rings (SSSR count). The first-order valence-electron chi connectivity index (χ1n) is 23.9. The smallest absolute Gasteiger partial charge is 0.328 e. The normalized spacial score (nSPS) is 18.5. The summed E-state index contributed by atoms with van der Waals surface area (Å²) in [4.78, 5) is 99.6. The first-order valence-corrected chi connectivity index (χ1v) is 24.3. The molecule has 16 nitrogen and oxygen atoms in total. The third kappa shape index (κ3) is 15.4. The number of imide groups is 1. The van der Waals surface area contributed by atoms with Gasteiger partial charge >= 0.3 is 5.97 Å². The topological polar surface area (TPSA) is 184 Å². The largest absolute Gasteiger partial charge is 0.467 e. The fourth-order valence-corrected chi connectivity index (χ4v) is 9.67. The number of rotatable bonds is 27. The summed E-state index contributed by atoms with van der Waals surface area (Å²) < 4.78 is 17.3. The molecule has 2 N–H and O–H groups in total. The summed E-state index contributed by atoms with van der Waals surface area (Å²) in [6.07, 6.45) is 5.66. The summed E-state index contributed by atoms with van der Waals surface area (Å²) >= 11 is 5.87. The third-order valence-corrected chi connectivity index (χ3v) is 13.9. The molecule has 0 bridgehead atoms. The zero-order valence-corrected chi connectivity index (χ0v) is 42.8. The van der Waals surface area contributed by atoms with E-state index in [2.05, 4.69) is 10.6 Å². The molecule has 0 radical (unpaired) electrons. The molecule has 0 unspecified atom stereocenters. The minimum absolute atomic E-state index is 0.0125. The number of nitrogens with one attached hydrogen (secondary N) is 2. The molecule has 1 aromatic rings. The lowest BCUT2D eigenvalue weighted by Gasteiger charge is -2.41. The van der Waals surface area contributed by atoms with Crippen LogP contribution in [-0.4, -0.2) is 157 Å². The van der Waals surface area contributed by atoms with Crippen molar-refractivity contribution in [2.24, 2.45) is 23.7 Å². The Bertz CT molecular complexity index is 1860. The summed E-state index contributed by atoms with van der Waals surface area (Å²) in [6.45, 7) is 14.1. The van der Waals surface area contributed by atoms with E-state index in [-0.39, 0.29) is 78.6 Å². The Morgan fingerprint density at radius 2 is 1.49 bits per heavy atom. The van der Waals surface area contributed by atoms with Gasteiger partial charge in [0.1, 0.15) is 18.1 Å². The Morgan fingerprint density at radius 1 is 0.851 bits per heavy atom. The van der Waals surface area contributed by atoms with Crippen LogP contribution in [0.2, 0.25) is 0 Å². The van der Waals surface area contributed by atoms with E-state index < -0.39 is 48.3 Å². The second-order valence-corrected chi connectivity index (χ2v) is 19.2. The van der Waals surface area contributed by atoms with Crippen LogP contribution in [-0.2, 0) is 54.2 Å². The maximum absolute atomic E-state index is 14.6. The van der Waals surface area contributed by atoms with Crippen LogP contribution in [0.3, 0.4) is 0 Å². The van der Waals surface area contributed by atoms with Crippen molar-refractivity contribution < 1.29 is 47.8 Å². The van der Waals surface area contributed by atoms with Gasteiger partial charge in [0, 0.05) is 72.3 Å². The number of methoxy groups -OCH3 is 3. The van der Waals surface area contributed by atoms with Gasteiger partial charge < -0.3 is 39.5 Å². The maximum Gasteiger partial charge on any atom is 0.328 e. The van der Waals surface area contributed by atoms with Crippen LogP contribution >= 0.6 is 12.2 Å². The Kier molecular flexibility index (Phi) is 23.1. The van der Waals surface area contributed by atoms with Gasteiger partial charge in [0.2, 0.25) is 23.6 Å². The number of carbonyl (C=O) groups excluding carboxylic acids is 7. The van der Waals surface area contributed by atoms with E-state index in [1.165, 1.54) is 29.1 Å². The molecule has 0 saturated carbocycles. The Balaban J connectivity index is 1.72. The molecule has 9 atom stereocenters. The molecule has 374 valence electrons. The average Bonchev–Trinajstić information content (AvgIpc) is 3.92. The number of ether oxygens (including phenoxy) is 3. The van der Waals surface area contributed by atoms with Crippen molar-refractivity contribution in [3.63, 3.8) is 0 Å². The van der Waals surface area contributed by atoms with E-state index >= 15 is 0 Å². The van der Waals surface area contributed by atoms with E-state index in [0.717, 1.165) is 12.0 Å². The number of hydrogen-bond acceptors (Lipinski definition) is 11. The lowest BCUT2D eigenvalue weighted by Crippen LogP contribution is -2.60. The van der Waals surface area contributed by atoms with Crippen LogP contribution in [0.5, 0.6) is 0 Å². The van der Waals surface area contributed by atoms with Crippen LogP contribution in [0.4, 0.5) is 0 Å². The van der Waals surface area contributed by atoms with E-state index in [0.29, 0.717) is 50.1 Å². The van der Waals surface area contributed by atoms with Gasteiger partial charge in [-0.05, 0) is 49.0 Å². The van der Waals surface area contributed by atoms with Gasteiger partial charge in [-0.2, -0.15) is 0 Å². The number of likely N-dealkylation sites (tertiary alicyclic amines) is 1. The highest BCUT2D eigenvalue weighted by molar-refractivity contribution is 7.80. The van der Waals surface area contributed by atoms with Gasteiger partial charge in [-0.15, -0.1) is 0 Å². The highest BCUT2D eigenvalue weighted by Gasteiger charge is 2.43. The summed E-state index contributed by atoms with van der Waals surface area (Å²) in [5, 5.41) is 6.21. The first-order chi connectivity index (χ1) is 31.7. The number of carbonyl (C=O) groups is 7. The predicted molar refractivity (Wildman–Crippen MR) is 260 cm³/mol. The van der Waals surface area contributed by atoms with Gasteiger partial charge in [-0.1, -0.05) is 104 Å². The molecule has 67 heavy (non-hydrogen) atoms. The van der Waals surface area contributed by atoms with E-state index in [1.54, 1.807) is 33.2 Å². The minimum Gasteiger partial charge on any atom is -0.467 e. The second-order valence-electron chi connectivity index (χ2n) is 18.8. The summed E-state index contributed by atoms with van der Waals surface area (Å²) in [5.74, 6) is -3.34. The Hall–Kier alpha value is -4.74. The predicted octanol–water partition coefficient (Wildman–Crippen LogP) is 4.72. The molecule has 2 aliphatic rings. The summed E-state index contributed by atoms with van der Waals surface area (Å²) in [5.41, 5.74) is 0.946. The number of likely N-dealkylation sites (N-methyl/N-ethyl adjacent to an activating group) is 2. The zero-order chi connectivity index (χ0) is 50.1. The molecule has 2 aliphatic heterocycles. The molecular weight excluding hydrogens is 877 g/mol. The number of esters is 1. The van der Waals surface area contributed by atoms with Crippen LogP contribution in [0.25, 0.3) is 0 Å². The molecule has 17 heteroatoms. The number of amides is 6. The van der Waals surface area contributed by atoms with Crippen molar-refractivity contribution in [2.45, 2.75) is 149 Å². The third-order valence-electron chi connectivity index (χ3n) is 13.5. The zero-order valence-electron chi connectivity index (χ0n) is 42.0. The quantitative estimate of drug-likeness (QED) is 0.0537. The molecular formula is C50H78N6O10S. The Morgan fingerprint density at radius 3 is 2.04 bits per heavy atom. The molecule has 1 aromatic carbocycles. The van der Waals surface area contributed by atoms with Crippen LogP contribution in [0.15, 0.2) is 42.5 Å². The standard InChI is InChI=1S/C50H78N6O10S/c1-13-33(6)45(54(9)49(62)43(31(2)3)52-47(61)44(32(4)5)53(8)39(57)24-18-15-19-27-56-40(58)25-26-41(56)59)38(64-10)30-42(60)55-28-20-23-37(55)46(65-11)34(7)48(67)51-36(50(63)66-12)29-35-21-16-14-17-22-35/h14,16-17,21-22,25-26,31-34,36-38,43-46H,13,15,18-20,23-24,27-30H2,1-12H3,(H,51,67)(H,52,61)/t33-,34+,36-,37-,38+,43-,44-,45-,46+/m0/s1. The van der Waals surface area contributed by atoms with Crippen molar-refractivity contribution in [3.05, 3.63) is 48.0 Å². The van der Waals surface area contributed by atoms with Crippen LogP contribution in [0.1, 0.15) is 105 Å². The van der Waals surface area contributed by atoms with Crippen molar-refractivity contribution in [1.29, 1.82) is 0 Å². The molecule has 2 heterocycles. The van der Waals surface area contributed by atoms with Crippen LogP contribution in [0, 0.1) is 23.7 Å². The monoisotopic (exact) mass is 955 g/mol. The highest BCUT2D eigenvalue weighted by atomic mass is 32.1. The van der Waals surface area contributed by atoms with Gasteiger partial charge in [0.05, 0.1) is 42.8 Å². The second kappa shape index (κ2) is 27.3. The minimum atomic E-state index is -0.941. The average molecular weight is 955 g/mol. The van der Waals surface area contributed by atoms with Crippen molar-refractivity contribution in [2.75, 3.05) is 48.5 Å². The number of unbranched alkanes of at least 4 members (excludes halogenated alkanes) is 2. The first kappa shape index (κ1) is 56.6. The molecule has 1 saturated heterocycles. The van der Waals surface area contributed by atoms with E-state index in [4.69, 9.17) is 26.4 Å². The van der Waals surface area contributed by atoms with Crippen LogP contribution < -0.4 is 10.6 Å². The SMILES string of the molecule is CC[C@H](C)[C@@H]([C@@H](CC(=O)N1CCC[C@H]1[C@H](OC)[C@@H](C)C(=S)N[C@@H](Cc1ccccc1)C(=O)OC)OC)N(C)C(=O)[C@@H](NC(=O)[C@H](C(C)C)N(C)C(=O)CCCCCN1C(=O)C=CC1=O)C(C)C. The van der Waals surface area contributed by atoms with Gasteiger partial charge in [0.25, 0.3) is 11.8 Å². The number of hydrogen-bond donors (Lipinski definition) is 2. The molecule has 0 spiro atoms. The summed E-state index contributed by atoms with van der Waals surface area (Å²) in [7, 11) is 7.76. The highest BCUT2D eigenvalue weighted by Crippen LogP contribution is 2.30. The summed E-state index contributed by atoms with van der Waals surface area (Å²) in [6, 6.07) is 6.23. The maximum atomic E-state index is 14.6. The van der Waals surface area contributed by atoms with E-state index in [9.17, 15) is 33.6 Å². The van der Waals surface area contributed by atoms with Crippen molar-refractivity contribution in [3.8, 4) is 0 Å². The van der Waals surface area contributed by atoms with Crippen molar-refractivity contribution in [1.82, 2.24) is 30.2 Å². The number of nitrogens with zero attached hydrogens (tertiary/aromatic N) is 4. The number of thiocarbonyl (C=S) groups is 1. The van der Waals surface area contributed by atoms with Gasteiger partial charge in [-0.3, -0.25) is 33.7 Å². The Labute approximate surface area is 404 Å².